The van der Waals surface area contributed by atoms with E-state index < -0.39 is 0 Å². The van der Waals surface area contributed by atoms with Gasteiger partial charge < -0.3 is 15.2 Å². The lowest BCUT2D eigenvalue weighted by molar-refractivity contribution is -0.118. The second-order valence-electron chi connectivity index (χ2n) is 7.41. The van der Waals surface area contributed by atoms with Crippen LogP contribution in [0.4, 0.5) is 5.69 Å². The standard InChI is InChI=1S/C25H23BrN6O3S/c1-35-22-10-6-5-9-20(22)27-15-23-29-31-25(32(23)19-7-3-2-4-8-19)36-16-24(34)30-28-14-17-13-18(26)11-12-21(17)33/h2-14,27,33H,15-16H2,1H3,(H,30,34)/b28-14-. The van der Waals surface area contributed by atoms with Crippen LogP contribution in [0, 0.1) is 0 Å². The maximum atomic E-state index is 12.4. The van der Waals surface area contributed by atoms with E-state index in [1.165, 1.54) is 18.0 Å². The zero-order chi connectivity index (χ0) is 25.3. The Hall–Kier alpha value is -3.83. The summed E-state index contributed by atoms with van der Waals surface area (Å²) in [4.78, 5) is 12.4. The lowest BCUT2D eigenvalue weighted by Gasteiger charge is -2.13. The Morgan fingerprint density at radius 1 is 1.14 bits per heavy atom. The minimum atomic E-state index is -0.318. The number of anilines is 1. The number of rotatable bonds is 10. The molecular formula is C25H23BrN6O3S. The molecule has 0 aliphatic carbocycles. The Morgan fingerprint density at radius 2 is 1.92 bits per heavy atom. The SMILES string of the molecule is COc1ccccc1NCc1nnc(SCC(=O)N/N=C\c2cc(Br)ccc2O)n1-c1ccccc1. The number of benzene rings is 3. The fraction of sp³-hybridized carbons (Fsp3) is 0.120. The molecule has 1 amide bonds. The van der Waals surface area contributed by atoms with Gasteiger partial charge in [-0.15, -0.1) is 10.2 Å². The third kappa shape index (κ3) is 6.43. The van der Waals surface area contributed by atoms with Crippen molar-refractivity contribution >= 4 is 45.5 Å². The Balaban J connectivity index is 1.45. The molecule has 4 rings (SSSR count). The van der Waals surface area contributed by atoms with Crippen LogP contribution in [0.15, 0.2) is 87.5 Å². The third-order valence-corrected chi connectivity index (χ3v) is 6.40. The molecule has 3 N–H and O–H groups in total. The van der Waals surface area contributed by atoms with Crippen molar-refractivity contribution < 1.29 is 14.6 Å². The van der Waals surface area contributed by atoms with Gasteiger partial charge in [-0.1, -0.05) is 58.0 Å². The van der Waals surface area contributed by atoms with E-state index in [4.69, 9.17) is 4.74 Å². The van der Waals surface area contributed by atoms with Crippen LogP contribution in [0.5, 0.6) is 11.5 Å². The summed E-state index contributed by atoms with van der Waals surface area (Å²) in [7, 11) is 1.62. The lowest BCUT2D eigenvalue weighted by Crippen LogP contribution is -2.20. The predicted molar refractivity (Wildman–Crippen MR) is 144 cm³/mol. The number of halogens is 1. The number of phenols is 1. The normalized spacial score (nSPS) is 10.9. The number of hydrogen-bond donors (Lipinski definition) is 3. The summed E-state index contributed by atoms with van der Waals surface area (Å²) >= 11 is 4.58. The van der Waals surface area contributed by atoms with Gasteiger partial charge in [0.1, 0.15) is 11.5 Å². The Morgan fingerprint density at radius 3 is 2.72 bits per heavy atom. The number of methoxy groups -OCH3 is 1. The van der Waals surface area contributed by atoms with Crippen molar-refractivity contribution in [2.45, 2.75) is 11.7 Å². The summed E-state index contributed by atoms with van der Waals surface area (Å²) in [6.45, 7) is 0.398. The fourth-order valence-electron chi connectivity index (χ4n) is 3.27. The molecule has 4 aromatic rings. The van der Waals surface area contributed by atoms with Crippen molar-refractivity contribution in [2.75, 3.05) is 18.2 Å². The quantitative estimate of drug-likeness (QED) is 0.146. The van der Waals surface area contributed by atoms with Gasteiger partial charge >= 0.3 is 0 Å². The van der Waals surface area contributed by atoms with Crippen molar-refractivity contribution in [1.29, 1.82) is 0 Å². The molecule has 0 fully saturated rings. The van der Waals surface area contributed by atoms with E-state index in [2.05, 4.69) is 42.0 Å². The summed E-state index contributed by atoms with van der Waals surface area (Å²) in [6.07, 6.45) is 1.39. The molecule has 0 spiro atoms. The molecule has 0 unspecified atom stereocenters. The van der Waals surface area contributed by atoms with E-state index in [1.54, 1.807) is 25.3 Å². The highest BCUT2D eigenvalue weighted by molar-refractivity contribution is 9.10. The van der Waals surface area contributed by atoms with E-state index >= 15 is 0 Å². The zero-order valence-corrected chi connectivity index (χ0v) is 21.7. The monoisotopic (exact) mass is 566 g/mol. The molecular weight excluding hydrogens is 544 g/mol. The van der Waals surface area contributed by atoms with Crippen molar-refractivity contribution in [1.82, 2.24) is 20.2 Å². The number of carbonyl (C=O) groups excluding carboxylic acids is 1. The number of hydrazone groups is 1. The second kappa shape index (κ2) is 12.2. The number of aromatic nitrogens is 3. The molecule has 0 saturated carbocycles. The molecule has 0 radical (unpaired) electrons. The van der Waals surface area contributed by atoms with E-state index in [-0.39, 0.29) is 17.4 Å². The van der Waals surface area contributed by atoms with Gasteiger partial charge in [-0.25, -0.2) is 5.43 Å². The Kier molecular flexibility index (Phi) is 8.58. The zero-order valence-electron chi connectivity index (χ0n) is 19.3. The van der Waals surface area contributed by atoms with E-state index in [1.807, 2.05) is 59.2 Å². The van der Waals surface area contributed by atoms with E-state index in [9.17, 15) is 9.90 Å². The number of phenolic OH excluding ortho intramolecular Hbond substituents is 1. The van der Waals surface area contributed by atoms with Gasteiger partial charge in [0.05, 0.1) is 31.3 Å². The second-order valence-corrected chi connectivity index (χ2v) is 9.27. The molecule has 0 saturated heterocycles. The van der Waals surface area contributed by atoms with Gasteiger partial charge in [0.2, 0.25) is 0 Å². The number of para-hydroxylation sites is 3. The third-order valence-electron chi connectivity index (χ3n) is 4.97. The number of aromatic hydroxyl groups is 1. The highest BCUT2D eigenvalue weighted by Crippen LogP contribution is 2.26. The fourth-order valence-corrected chi connectivity index (χ4v) is 4.42. The Bertz CT molecular complexity index is 1360. The Labute approximate surface area is 220 Å². The molecule has 11 heteroatoms. The minimum Gasteiger partial charge on any atom is -0.507 e. The predicted octanol–water partition coefficient (Wildman–Crippen LogP) is 4.60. The summed E-state index contributed by atoms with van der Waals surface area (Å²) in [5, 5.41) is 26.4. The van der Waals surface area contributed by atoms with Gasteiger partial charge in [0, 0.05) is 15.7 Å². The first-order valence-corrected chi connectivity index (χ1v) is 12.6. The number of thioether (sulfide) groups is 1. The van der Waals surface area contributed by atoms with Crippen molar-refractivity contribution in [3.63, 3.8) is 0 Å². The molecule has 0 atom stereocenters. The number of nitrogens with zero attached hydrogens (tertiary/aromatic N) is 4. The maximum absolute atomic E-state index is 12.4. The maximum Gasteiger partial charge on any atom is 0.250 e. The topological polar surface area (TPSA) is 114 Å². The first kappa shape index (κ1) is 25.3. The molecule has 3 aromatic carbocycles. The van der Waals surface area contributed by atoms with Crippen molar-refractivity contribution in [3.8, 4) is 17.2 Å². The average molecular weight is 567 g/mol. The van der Waals surface area contributed by atoms with Crippen LogP contribution in [-0.4, -0.2) is 44.9 Å². The van der Waals surface area contributed by atoms with Gasteiger partial charge in [-0.2, -0.15) is 5.10 Å². The molecule has 9 nitrogen and oxygen atoms in total. The van der Waals surface area contributed by atoms with Crippen LogP contribution in [0.2, 0.25) is 0 Å². The van der Waals surface area contributed by atoms with Crippen LogP contribution < -0.4 is 15.5 Å². The largest absolute Gasteiger partial charge is 0.507 e. The lowest BCUT2D eigenvalue weighted by atomic mass is 10.2. The molecule has 36 heavy (non-hydrogen) atoms. The number of amides is 1. The van der Waals surface area contributed by atoms with E-state index in [0.717, 1.165) is 21.6 Å². The van der Waals surface area contributed by atoms with Crippen LogP contribution in [0.1, 0.15) is 11.4 Å². The van der Waals surface area contributed by atoms with E-state index in [0.29, 0.717) is 23.1 Å². The smallest absolute Gasteiger partial charge is 0.250 e. The van der Waals surface area contributed by atoms with Gasteiger partial charge in [0.15, 0.2) is 11.0 Å². The summed E-state index contributed by atoms with van der Waals surface area (Å²) < 4.78 is 8.11. The average Bonchev–Trinajstić information content (AvgIpc) is 3.31. The molecule has 0 aliphatic rings. The molecule has 184 valence electrons. The number of carbonyl (C=O) groups is 1. The van der Waals surface area contributed by atoms with Gasteiger partial charge in [-0.3, -0.25) is 9.36 Å². The summed E-state index contributed by atoms with van der Waals surface area (Å²) in [5.41, 5.74) is 4.67. The number of hydrogen-bond acceptors (Lipinski definition) is 8. The highest BCUT2D eigenvalue weighted by atomic mass is 79.9. The molecule has 0 aliphatic heterocycles. The molecule has 1 heterocycles. The number of ether oxygens (including phenoxy) is 1. The van der Waals surface area contributed by atoms with Crippen LogP contribution in [0.25, 0.3) is 5.69 Å². The van der Waals surface area contributed by atoms with Gasteiger partial charge in [0.25, 0.3) is 5.91 Å². The first-order chi connectivity index (χ1) is 17.5. The number of nitrogens with one attached hydrogen (secondary N) is 2. The summed E-state index contributed by atoms with van der Waals surface area (Å²) in [5.74, 6) is 1.23. The molecule has 0 bridgehead atoms. The van der Waals surface area contributed by atoms with Crippen molar-refractivity contribution in [3.05, 3.63) is 88.7 Å². The van der Waals surface area contributed by atoms with Crippen LogP contribution >= 0.6 is 27.7 Å². The summed E-state index contributed by atoms with van der Waals surface area (Å²) in [6, 6.07) is 22.3. The first-order valence-electron chi connectivity index (χ1n) is 10.8. The van der Waals surface area contributed by atoms with Crippen molar-refractivity contribution in [2.24, 2.45) is 5.10 Å². The minimum absolute atomic E-state index is 0.0656. The van der Waals surface area contributed by atoms with Crippen LogP contribution in [0.3, 0.4) is 0 Å². The van der Waals surface area contributed by atoms with Crippen LogP contribution in [-0.2, 0) is 11.3 Å². The molecule has 1 aromatic heterocycles. The van der Waals surface area contributed by atoms with Gasteiger partial charge in [-0.05, 0) is 42.5 Å². The highest BCUT2D eigenvalue weighted by Gasteiger charge is 2.16.